The van der Waals surface area contributed by atoms with E-state index in [1.54, 1.807) is 32.0 Å². The van der Waals surface area contributed by atoms with Gasteiger partial charge in [-0.1, -0.05) is 18.3 Å². The maximum Gasteiger partial charge on any atom is 0.341 e. The van der Waals surface area contributed by atoms with E-state index in [1.165, 1.54) is 15.9 Å². The summed E-state index contributed by atoms with van der Waals surface area (Å²) in [6, 6.07) is 5.17. The molecule has 1 unspecified atom stereocenters. The van der Waals surface area contributed by atoms with Crippen LogP contribution in [0, 0.1) is 5.92 Å². The van der Waals surface area contributed by atoms with Crippen molar-refractivity contribution in [1.82, 2.24) is 4.57 Å². The van der Waals surface area contributed by atoms with Crippen molar-refractivity contribution in [3.05, 3.63) is 39.0 Å². The fraction of sp³-hybridized carbons (Fsp3) is 0.483. The van der Waals surface area contributed by atoms with E-state index in [0.29, 0.717) is 34.9 Å². The number of hydrogen-bond donors (Lipinski definition) is 1. The van der Waals surface area contributed by atoms with Gasteiger partial charge in [-0.2, -0.15) is 4.99 Å². The number of hydrogen-bond acceptors (Lipinski definition) is 11. The molecule has 2 heterocycles. The summed E-state index contributed by atoms with van der Waals surface area (Å²) in [5.74, 6) is -4.01. The Morgan fingerprint density at radius 2 is 1.80 bits per heavy atom. The molecule has 0 aliphatic heterocycles. The van der Waals surface area contributed by atoms with E-state index in [9.17, 15) is 27.6 Å². The van der Waals surface area contributed by atoms with E-state index in [-0.39, 0.29) is 35.1 Å². The fourth-order valence-corrected chi connectivity index (χ4v) is 8.39. The van der Waals surface area contributed by atoms with Crippen molar-refractivity contribution in [3.63, 3.8) is 0 Å². The summed E-state index contributed by atoms with van der Waals surface area (Å²) >= 11 is 2.33. The molecule has 0 spiro atoms. The first-order valence-corrected chi connectivity index (χ1v) is 17.7. The van der Waals surface area contributed by atoms with Crippen LogP contribution in [0.5, 0.6) is 5.75 Å². The van der Waals surface area contributed by atoms with Crippen molar-refractivity contribution < 1.29 is 41.8 Å². The molecule has 2 aromatic heterocycles. The molecule has 1 N–H and O–H groups in total. The first-order chi connectivity index (χ1) is 20.9. The standard InChI is InChI=1S/C29H35N3O9S3/c1-5-39-18-9-11-20-22(13-18)43-29(32(20)14-25(35)40-6-2)31-24(34)16-44(37,38)15-23(33)30-27-26(28(36)41-7-3)19-10-8-17(4)12-21(19)42-27/h9,11,13,17H,5-8,10,12,14-16H2,1-4H3,(H,30,33). The van der Waals surface area contributed by atoms with Gasteiger partial charge in [0.25, 0.3) is 5.91 Å². The highest BCUT2D eigenvalue weighted by atomic mass is 32.2. The van der Waals surface area contributed by atoms with Crippen LogP contribution in [0.1, 0.15) is 54.9 Å². The van der Waals surface area contributed by atoms with Gasteiger partial charge in [-0.25, -0.2) is 13.2 Å². The maximum absolute atomic E-state index is 12.9. The molecule has 3 aromatic rings. The third kappa shape index (κ3) is 8.12. The number of fused-ring (bicyclic) bond motifs is 2. The van der Waals surface area contributed by atoms with Crippen LogP contribution in [0.3, 0.4) is 0 Å². The van der Waals surface area contributed by atoms with Crippen molar-refractivity contribution in [2.45, 2.75) is 53.5 Å². The van der Waals surface area contributed by atoms with Crippen molar-refractivity contribution in [1.29, 1.82) is 0 Å². The van der Waals surface area contributed by atoms with Gasteiger partial charge in [-0.15, -0.1) is 11.3 Å². The zero-order chi connectivity index (χ0) is 32.0. The highest BCUT2D eigenvalue weighted by Gasteiger charge is 2.30. The van der Waals surface area contributed by atoms with E-state index in [2.05, 4.69) is 17.2 Å². The molecule has 15 heteroatoms. The monoisotopic (exact) mass is 665 g/mol. The number of amides is 2. The molecule has 0 fully saturated rings. The Hall–Kier alpha value is -3.56. The number of sulfone groups is 1. The number of esters is 2. The summed E-state index contributed by atoms with van der Waals surface area (Å²) in [6.07, 6.45) is 2.29. The molecular formula is C29H35N3O9S3. The average molecular weight is 666 g/mol. The largest absolute Gasteiger partial charge is 0.494 e. The van der Waals surface area contributed by atoms with Gasteiger partial charge >= 0.3 is 11.9 Å². The Morgan fingerprint density at radius 1 is 1.05 bits per heavy atom. The van der Waals surface area contributed by atoms with Crippen LogP contribution in [0.15, 0.2) is 23.2 Å². The van der Waals surface area contributed by atoms with Crippen molar-refractivity contribution in [2.24, 2.45) is 10.9 Å². The minimum absolute atomic E-state index is 0.101. The summed E-state index contributed by atoms with van der Waals surface area (Å²) in [5, 5.41) is 2.82. The first kappa shape index (κ1) is 33.3. The quantitative estimate of drug-likeness (QED) is 0.286. The smallest absolute Gasteiger partial charge is 0.341 e. The lowest BCUT2D eigenvalue weighted by Crippen LogP contribution is -2.29. The molecule has 0 saturated carbocycles. The van der Waals surface area contributed by atoms with E-state index >= 15 is 0 Å². The topological polar surface area (TPSA) is 159 Å². The Balaban J connectivity index is 1.54. The van der Waals surface area contributed by atoms with E-state index in [4.69, 9.17) is 14.2 Å². The van der Waals surface area contributed by atoms with Crippen LogP contribution in [0.2, 0.25) is 0 Å². The highest BCUT2D eigenvalue weighted by molar-refractivity contribution is 7.92. The van der Waals surface area contributed by atoms with Crippen LogP contribution in [-0.2, 0) is 53.1 Å². The lowest BCUT2D eigenvalue weighted by atomic mass is 9.88. The van der Waals surface area contributed by atoms with Crippen LogP contribution in [-0.4, -0.2) is 68.1 Å². The minimum atomic E-state index is -4.25. The molecule has 1 aromatic carbocycles. The van der Waals surface area contributed by atoms with Crippen LogP contribution < -0.4 is 14.9 Å². The second-order valence-electron chi connectivity index (χ2n) is 10.2. The van der Waals surface area contributed by atoms with Gasteiger partial charge in [-0.3, -0.25) is 14.4 Å². The normalized spacial score (nSPS) is 15.1. The summed E-state index contributed by atoms with van der Waals surface area (Å²) in [7, 11) is -4.25. The molecule has 0 radical (unpaired) electrons. The molecule has 1 aliphatic rings. The molecule has 4 rings (SSSR count). The van der Waals surface area contributed by atoms with E-state index in [1.807, 2.05) is 6.92 Å². The first-order valence-electron chi connectivity index (χ1n) is 14.3. The predicted molar refractivity (Wildman–Crippen MR) is 167 cm³/mol. The number of benzene rings is 1. The molecule has 0 bridgehead atoms. The Labute approximate surface area is 263 Å². The molecule has 2 amide bonds. The lowest BCUT2D eigenvalue weighted by Gasteiger charge is -2.18. The van der Waals surface area contributed by atoms with Gasteiger partial charge in [0.2, 0.25) is 5.91 Å². The second-order valence-corrected chi connectivity index (χ2v) is 14.4. The fourth-order valence-electron chi connectivity index (χ4n) is 4.88. The number of thiophene rings is 1. The van der Waals surface area contributed by atoms with Gasteiger partial charge in [0.05, 0.1) is 35.6 Å². The van der Waals surface area contributed by atoms with Crippen LogP contribution in [0.4, 0.5) is 5.00 Å². The number of aromatic nitrogens is 1. The molecule has 238 valence electrons. The average Bonchev–Trinajstić information content (AvgIpc) is 3.44. The lowest BCUT2D eigenvalue weighted by molar-refractivity contribution is -0.143. The molecule has 0 saturated heterocycles. The third-order valence-electron chi connectivity index (χ3n) is 6.72. The number of nitrogens with one attached hydrogen (secondary N) is 1. The van der Waals surface area contributed by atoms with Crippen LogP contribution in [0.25, 0.3) is 10.2 Å². The minimum Gasteiger partial charge on any atom is -0.494 e. The SMILES string of the molecule is CCOC(=O)Cn1c(=NC(=O)CS(=O)(=O)CC(=O)Nc2sc3c(c2C(=O)OCC)CCC(C)C3)sc2cc(OCC)ccc21. The summed E-state index contributed by atoms with van der Waals surface area (Å²) in [6.45, 7) is 7.82. The van der Waals surface area contributed by atoms with Crippen molar-refractivity contribution in [2.75, 3.05) is 36.6 Å². The Bertz CT molecular complexity index is 1750. The number of carbonyl (C=O) groups excluding carboxylic acids is 4. The number of ether oxygens (including phenoxy) is 3. The van der Waals surface area contributed by atoms with Crippen LogP contribution >= 0.6 is 22.7 Å². The predicted octanol–water partition coefficient (Wildman–Crippen LogP) is 3.51. The zero-order valence-corrected chi connectivity index (χ0v) is 27.4. The Kier molecular flexibility index (Phi) is 11.0. The van der Waals surface area contributed by atoms with Gasteiger partial charge < -0.3 is 24.1 Å². The van der Waals surface area contributed by atoms with E-state index < -0.39 is 45.1 Å². The summed E-state index contributed by atoms with van der Waals surface area (Å²) in [5.41, 5.74) is 1.68. The zero-order valence-electron chi connectivity index (χ0n) is 25.0. The third-order valence-corrected chi connectivity index (χ3v) is 10.3. The van der Waals surface area contributed by atoms with Gasteiger partial charge in [0.1, 0.15) is 28.8 Å². The van der Waals surface area contributed by atoms with Crippen molar-refractivity contribution >= 4 is 71.5 Å². The molecule has 12 nitrogen and oxygen atoms in total. The summed E-state index contributed by atoms with van der Waals surface area (Å²) < 4.78 is 43.7. The number of rotatable bonds is 12. The molecule has 1 aliphatic carbocycles. The molecule has 44 heavy (non-hydrogen) atoms. The van der Waals surface area contributed by atoms with Gasteiger partial charge in [0.15, 0.2) is 14.6 Å². The van der Waals surface area contributed by atoms with E-state index in [0.717, 1.165) is 34.6 Å². The van der Waals surface area contributed by atoms with Gasteiger partial charge in [-0.05, 0) is 69.7 Å². The number of carbonyl (C=O) groups is 4. The molecule has 1 atom stereocenters. The number of nitrogens with zero attached hydrogens (tertiary/aromatic N) is 2. The summed E-state index contributed by atoms with van der Waals surface area (Å²) in [4.78, 5) is 55.8. The molecular weight excluding hydrogens is 631 g/mol. The number of thiazole rings is 1. The maximum atomic E-state index is 12.9. The van der Waals surface area contributed by atoms with Crippen molar-refractivity contribution in [3.8, 4) is 5.75 Å². The highest BCUT2D eigenvalue weighted by Crippen LogP contribution is 2.40. The van der Waals surface area contributed by atoms with Gasteiger partial charge in [0, 0.05) is 4.88 Å². The second kappa shape index (κ2) is 14.5. The Morgan fingerprint density at radius 3 is 2.50 bits per heavy atom. The number of anilines is 1.